The summed E-state index contributed by atoms with van der Waals surface area (Å²) < 4.78 is 0. The molecule has 0 heterocycles. The van der Waals surface area contributed by atoms with Crippen LogP contribution in [0.15, 0.2) is 61.2 Å². The molecule has 1 aliphatic carbocycles. The molecule has 0 nitrogen and oxygen atoms in total. The minimum atomic E-state index is -0.309. The molecule has 0 amide bonds. The third-order valence-electron chi connectivity index (χ3n) is 7.30. The first-order chi connectivity index (χ1) is 15.7. The molecule has 2 aromatic carbocycles. The Morgan fingerprint density at radius 2 is 1.47 bits per heavy atom. The van der Waals surface area contributed by atoms with E-state index in [4.69, 9.17) is 23.2 Å². The lowest BCUT2D eigenvalue weighted by atomic mass is 9.62. The van der Waals surface area contributed by atoms with Crippen LogP contribution in [0.5, 0.6) is 0 Å². The van der Waals surface area contributed by atoms with Crippen LogP contribution < -0.4 is 0 Å². The van der Waals surface area contributed by atoms with E-state index in [1.165, 1.54) is 30.4 Å². The minimum absolute atomic E-state index is 0.0750. The van der Waals surface area contributed by atoms with Crippen molar-refractivity contribution in [2.75, 3.05) is 0 Å². The molecule has 0 saturated heterocycles. The van der Waals surface area contributed by atoms with Crippen LogP contribution in [-0.2, 0) is 5.41 Å². The second kappa shape index (κ2) is 11.3. The lowest BCUT2D eigenvalue weighted by Crippen LogP contribution is -2.35. The zero-order chi connectivity index (χ0) is 25.8. The van der Waals surface area contributed by atoms with E-state index in [0.29, 0.717) is 10.0 Å². The summed E-state index contributed by atoms with van der Waals surface area (Å²) in [4.78, 5) is 0. The highest BCUT2D eigenvalue weighted by molar-refractivity contribution is 6.34. The highest BCUT2D eigenvalue weighted by Gasteiger charge is 2.38. The molecular weight excluding hydrogens is 455 g/mol. The summed E-state index contributed by atoms with van der Waals surface area (Å²) in [5, 5.41) is 1.30. The first-order valence-corrected chi connectivity index (χ1v) is 13.0. The van der Waals surface area contributed by atoms with Gasteiger partial charge in [0.05, 0.1) is 0 Å². The van der Waals surface area contributed by atoms with Gasteiger partial charge in [0.1, 0.15) is 0 Å². The van der Waals surface area contributed by atoms with Crippen molar-refractivity contribution >= 4 is 34.3 Å². The fraction of sp³-hybridized carbons (Fsp3) is 0.438. The summed E-state index contributed by atoms with van der Waals surface area (Å²) >= 11 is 12.7. The molecule has 1 fully saturated rings. The highest BCUT2D eigenvalue weighted by Crippen LogP contribution is 2.46. The van der Waals surface area contributed by atoms with Crippen LogP contribution >= 0.6 is 23.2 Å². The van der Waals surface area contributed by atoms with Gasteiger partial charge in [-0.05, 0) is 78.1 Å². The number of hydrogen-bond acceptors (Lipinski definition) is 0. The van der Waals surface area contributed by atoms with Gasteiger partial charge in [0.2, 0.25) is 0 Å². The molecule has 1 atom stereocenters. The number of halogens is 2. The third kappa shape index (κ3) is 6.89. The molecule has 0 spiro atoms. The predicted octanol–water partition coefficient (Wildman–Crippen LogP) is 11.1. The van der Waals surface area contributed by atoms with E-state index in [9.17, 15) is 0 Å². The maximum atomic E-state index is 6.36. The highest BCUT2D eigenvalue weighted by atomic mass is 35.5. The number of benzene rings is 2. The first-order valence-electron chi connectivity index (χ1n) is 12.3. The Balaban J connectivity index is 0.000000720. The van der Waals surface area contributed by atoms with Crippen LogP contribution in [0.1, 0.15) is 90.0 Å². The van der Waals surface area contributed by atoms with Crippen molar-refractivity contribution in [3.05, 3.63) is 93.5 Å². The van der Waals surface area contributed by atoms with Crippen LogP contribution in [0.3, 0.4) is 0 Å². The monoisotopic (exact) mass is 496 g/mol. The molecule has 1 saturated carbocycles. The van der Waals surface area contributed by atoms with Crippen molar-refractivity contribution in [1.82, 2.24) is 0 Å². The lowest BCUT2D eigenvalue weighted by molar-refractivity contribution is 0.259. The zero-order valence-electron chi connectivity index (χ0n) is 22.4. The van der Waals surface area contributed by atoms with Crippen LogP contribution in [0.25, 0.3) is 11.1 Å². The molecule has 1 unspecified atom stereocenters. The second-order valence-electron chi connectivity index (χ2n) is 11.3. The number of allylic oxidation sites excluding steroid dienone is 4. The largest absolute Gasteiger partial charge is 0.0955 e. The van der Waals surface area contributed by atoms with Gasteiger partial charge in [0.25, 0.3) is 0 Å². The Morgan fingerprint density at radius 3 is 1.82 bits per heavy atom. The quantitative estimate of drug-likeness (QED) is 0.360. The van der Waals surface area contributed by atoms with E-state index in [2.05, 4.69) is 85.9 Å². The molecule has 0 radical (unpaired) electrons. The minimum Gasteiger partial charge on any atom is -0.0955 e. The molecule has 1 aliphatic rings. The van der Waals surface area contributed by atoms with Gasteiger partial charge < -0.3 is 0 Å². The fourth-order valence-corrected chi connectivity index (χ4v) is 4.78. The van der Waals surface area contributed by atoms with E-state index in [-0.39, 0.29) is 10.8 Å². The van der Waals surface area contributed by atoms with Gasteiger partial charge in [-0.2, -0.15) is 0 Å². The van der Waals surface area contributed by atoms with Crippen molar-refractivity contribution in [3.8, 4) is 0 Å². The van der Waals surface area contributed by atoms with Crippen molar-refractivity contribution in [3.63, 3.8) is 0 Å². The van der Waals surface area contributed by atoms with Crippen molar-refractivity contribution in [1.29, 1.82) is 0 Å². The molecule has 0 aromatic heterocycles. The standard InChI is InChI=1S/C27H32Cl2.C5H10/c1-17(2)24-11-10-20(12-19(24)5)25(18(3)4)16-27(9,26(6,7)8)21-13-22(28)15-23(29)14-21;1-5-3-2-4-5/h10-16H,1,3H2,2,4-9H3;5H,2-4H2,1H3/b25-16+;. The second-order valence-corrected chi connectivity index (χ2v) is 12.2. The summed E-state index contributed by atoms with van der Waals surface area (Å²) in [6, 6.07) is 12.3. The molecule has 0 aliphatic heterocycles. The summed E-state index contributed by atoms with van der Waals surface area (Å²) in [5.74, 6) is 1.06. The van der Waals surface area contributed by atoms with Crippen LogP contribution in [0.2, 0.25) is 10.0 Å². The SMILES string of the molecule is C=C(C)/C(=C\C(C)(c1cc(Cl)cc(Cl)c1)C(C)(C)C)c1ccc(C(=C)C)c(C)c1.CC1CCC1. The number of aryl methyl sites for hydroxylation is 1. The molecular formula is C32H42Cl2. The van der Waals surface area contributed by atoms with Gasteiger partial charge in [-0.15, -0.1) is 0 Å². The van der Waals surface area contributed by atoms with Crippen LogP contribution in [0, 0.1) is 18.3 Å². The van der Waals surface area contributed by atoms with Crippen molar-refractivity contribution in [2.24, 2.45) is 11.3 Å². The molecule has 2 aromatic rings. The first kappa shape index (κ1) is 28.5. The van der Waals surface area contributed by atoms with E-state index in [0.717, 1.165) is 33.8 Å². The Hall–Kier alpha value is -1.76. The Bertz CT molecular complexity index is 1060. The molecule has 0 N–H and O–H groups in total. The van der Waals surface area contributed by atoms with E-state index in [1.54, 1.807) is 6.07 Å². The lowest BCUT2D eigenvalue weighted by Gasteiger charge is -2.41. The fourth-order valence-electron chi connectivity index (χ4n) is 4.25. The van der Waals surface area contributed by atoms with Gasteiger partial charge in [-0.1, -0.05) is 126 Å². The van der Waals surface area contributed by atoms with Crippen LogP contribution in [-0.4, -0.2) is 0 Å². The van der Waals surface area contributed by atoms with Gasteiger partial charge >= 0.3 is 0 Å². The molecule has 184 valence electrons. The third-order valence-corrected chi connectivity index (χ3v) is 7.74. The maximum Gasteiger partial charge on any atom is 0.0423 e. The van der Waals surface area contributed by atoms with Gasteiger partial charge in [0.15, 0.2) is 0 Å². The van der Waals surface area contributed by atoms with Gasteiger partial charge in [-0.3, -0.25) is 0 Å². The average molecular weight is 498 g/mol. The van der Waals surface area contributed by atoms with E-state index >= 15 is 0 Å². The molecule has 34 heavy (non-hydrogen) atoms. The van der Waals surface area contributed by atoms with Crippen molar-refractivity contribution < 1.29 is 0 Å². The summed E-state index contributed by atoms with van der Waals surface area (Å²) in [7, 11) is 0. The molecule has 3 rings (SSSR count). The van der Waals surface area contributed by atoms with E-state index in [1.807, 2.05) is 19.1 Å². The Labute approximate surface area is 218 Å². The number of rotatable bonds is 5. The summed E-state index contributed by atoms with van der Waals surface area (Å²) in [6.45, 7) is 25.9. The Kier molecular flexibility index (Phi) is 9.48. The Morgan fingerprint density at radius 1 is 0.941 bits per heavy atom. The summed E-state index contributed by atoms with van der Waals surface area (Å²) in [5.41, 5.74) is 7.50. The summed E-state index contributed by atoms with van der Waals surface area (Å²) in [6.07, 6.45) is 6.79. The van der Waals surface area contributed by atoms with Crippen molar-refractivity contribution in [2.45, 2.75) is 80.1 Å². The molecule has 2 heteroatoms. The van der Waals surface area contributed by atoms with Gasteiger partial charge in [-0.25, -0.2) is 0 Å². The smallest absolute Gasteiger partial charge is 0.0423 e. The molecule has 0 bridgehead atoms. The maximum absolute atomic E-state index is 6.36. The van der Waals surface area contributed by atoms with Crippen LogP contribution in [0.4, 0.5) is 0 Å². The van der Waals surface area contributed by atoms with Gasteiger partial charge in [0, 0.05) is 15.5 Å². The topological polar surface area (TPSA) is 0 Å². The normalized spacial score (nSPS) is 16.1. The van der Waals surface area contributed by atoms with E-state index < -0.39 is 0 Å². The zero-order valence-corrected chi connectivity index (χ0v) is 23.9. The predicted molar refractivity (Wildman–Crippen MR) is 155 cm³/mol. The average Bonchev–Trinajstić information content (AvgIpc) is 2.68. The number of hydrogen-bond donors (Lipinski definition) is 0.